The van der Waals surface area contributed by atoms with Crippen molar-refractivity contribution < 1.29 is 14.7 Å². The first-order valence-electron chi connectivity index (χ1n) is 5.85. The third-order valence-corrected chi connectivity index (χ3v) is 2.19. The second kappa shape index (κ2) is 6.08. The Balaban J connectivity index is 2.53. The molecule has 19 heavy (non-hydrogen) atoms. The van der Waals surface area contributed by atoms with E-state index in [-0.39, 0.29) is 5.84 Å². The van der Waals surface area contributed by atoms with Gasteiger partial charge in [-0.05, 0) is 26.3 Å². The first-order chi connectivity index (χ1) is 8.81. The van der Waals surface area contributed by atoms with E-state index in [0.717, 1.165) is 5.56 Å². The van der Waals surface area contributed by atoms with E-state index >= 15 is 0 Å². The predicted molar refractivity (Wildman–Crippen MR) is 72.0 cm³/mol. The molecule has 0 saturated carbocycles. The highest BCUT2D eigenvalue weighted by atomic mass is 16.6. The quantitative estimate of drug-likeness (QED) is 0.336. The molecule has 0 aliphatic carbocycles. The number of carbonyl (C=O) groups excluding carboxylic acids is 1. The minimum absolute atomic E-state index is 0.0478. The van der Waals surface area contributed by atoms with Crippen LogP contribution in [0.2, 0.25) is 0 Å². The van der Waals surface area contributed by atoms with Gasteiger partial charge in [0.05, 0.1) is 0 Å². The van der Waals surface area contributed by atoms with E-state index in [1.54, 1.807) is 45.0 Å². The van der Waals surface area contributed by atoms with Gasteiger partial charge in [-0.3, -0.25) is 0 Å². The molecule has 0 fully saturated rings. The lowest BCUT2D eigenvalue weighted by atomic mass is 10.1. The van der Waals surface area contributed by atoms with Gasteiger partial charge in [0.1, 0.15) is 5.60 Å². The number of ether oxygens (including phenoxy) is 1. The minimum Gasteiger partial charge on any atom is -0.444 e. The molecule has 0 heterocycles. The summed E-state index contributed by atoms with van der Waals surface area (Å²) in [4.78, 5) is 11.4. The van der Waals surface area contributed by atoms with E-state index in [2.05, 4.69) is 10.5 Å². The van der Waals surface area contributed by atoms with Crippen LogP contribution in [0.5, 0.6) is 0 Å². The Hall–Kier alpha value is -2.24. The first-order valence-corrected chi connectivity index (χ1v) is 5.85. The average Bonchev–Trinajstić information content (AvgIpc) is 2.34. The number of nitrogens with one attached hydrogen (secondary N) is 1. The normalized spacial score (nSPS) is 12.1. The third kappa shape index (κ3) is 5.29. The van der Waals surface area contributed by atoms with Crippen LogP contribution >= 0.6 is 0 Å². The van der Waals surface area contributed by atoms with Crippen molar-refractivity contribution >= 4 is 11.9 Å². The second-order valence-electron chi connectivity index (χ2n) is 5.04. The average molecular weight is 265 g/mol. The Morgan fingerprint density at radius 2 is 1.95 bits per heavy atom. The predicted octanol–water partition coefficient (Wildman–Crippen LogP) is 1.81. The van der Waals surface area contributed by atoms with Gasteiger partial charge in [-0.2, -0.15) is 0 Å². The van der Waals surface area contributed by atoms with Crippen LogP contribution in [0, 0.1) is 0 Å². The lowest BCUT2D eigenvalue weighted by Gasteiger charge is -2.19. The maximum atomic E-state index is 11.4. The van der Waals surface area contributed by atoms with Crippen LogP contribution in [0.25, 0.3) is 0 Å². The van der Waals surface area contributed by atoms with E-state index in [1.807, 2.05) is 0 Å². The highest BCUT2D eigenvalue weighted by molar-refractivity contribution is 5.96. The Morgan fingerprint density at radius 1 is 1.37 bits per heavy atom. The van der Waals surface area contributed by atoms with Gasteiger partial charge in [-0.1, -0.05) is 29.4 Å². The van der Waals surface area contributed by atoms with Crippen LogP contribution in [0.3, 0.4) is 0 Å². The number of hydrogen-bond donors (Lipinski definition) is 3. The number of amides is 1. The maximum absolute atomic E-state index is 11.4. The zero-order valence-electron chi connectivity index (χ0n) is 11.3. The van der Waals surface area contributed by atoms with Crippen LogP contribution < -0.4 is 11.1 Å². The molecule has 6 heteroatoms. The van der Waals surface area contributed by atoms with Crippen LogP contribution in [0.1, 0.15) is 31.9 Å². The van der Waals surface area contributed by atoms with Gasteiger partial charge < -0.3 is 21.0 Å². The number of alkyl carbamates (subject to hydrolysis) is 1. The first kappa shape index (κ1) is 14.8. The fraction of sp³-hybridized carbons (Fsp3) is 0.385. The van der Waals surface area contributed by atoms with Crippen molar-refractivity contribution in [3.63, 3.8) is 0 Å². The molecule has 0 bridgehead atoms. The summed E-state index contributed by atoms with van der Waals surface area (Å²) in [5, 5.41) is 14.1. The molecule has 1 aromatic rings. The van der Waals surface area contributed by atoms with Crippen molar-refractivity contribution in [3.8, 4) is 0 Å². The Labute approximate surface area is 112 Å². The van der Waals surface area contributed by atoms with Gasteiger partial charge in [0, 0.05) is 12.1 Å². The molecule has 0 unspecified atom stereocenters. The van der Waals surface area contributed by atoms with E-state index in [1.165, 1.54) is 0 Å². The second-order valence-corrected chi connectivity index (χ2v) is 5.04. The number of amidine groups is 1. The monoisotopic (exact) mass is 265 g/mol. The molecule has 1 rings (SSSR count). The number of nitrogens with zero attached hydrogens (tertiary/aromatic N) is 1. The molecular formula is C13H19N3O3. The minimum atomic E-state index is -0.514. The summed E-state index contributed by atoms with van der Waals surface area (Å²) in [5.74, 6) is 0.0478. The van der Waals surface area contributed by atoms with E-state index in [9.17, 15) is 4.79 Å². The number of nitrogens with two attached hydrogens (primary N) is 1. The fourth-order valence-electron chi connectivity index (χ4n) is 1.34. The van der Waals surface area contributed by atoms with Gasteiger partial charge in [0.15, 0.2) is 5.84 Å². The molecule has 0 aromatic heterocycles. The van der Waals surface area contributed by atoms with Crippen LogP contribution in [0.15, 0.2) is 29.4 Å². The molecule has 0 aliphatic heterocycles. The van der Waals surface area contributed by atoms with Crippen molar-refractivity contribution in [2.75, 3.05) is 0 Å². The highest BCUT2D eigenvalue weighted by Crippen LogP contribution is 2.08. The molecule has 0 spiro atoms. The van der Waals surface area contributed by atoms with Crippen molar-refractivity contribution in [1.82, 2.24) is 5.32 Å². The number of carbonyl (C=O) groups is 1. The summed E-state index contributed by atoms with van der Waals surface area (Å²) in [7, 11) is 0. The molecule has 0 aliphatic rings. The highest BCUT2D eigenvalue weighted by Gasteiger charge is 2.15. The SMILES string of the molecule is CC(C)(C)OC(=O)NCc1ccc(/C(N)=N/O)cc1. The Morgan fingerprint density at radius 3 is 2.42 bits per heavy atom. The van der Waals surface area contributed by atoms with Crippen molar-refractivity contribution in [1.29, 1.82) is 0 Å². The number of benzene rings is 1. The molecular weight excluding hydrogens is 246 g/mol. The molecule has 1 aromatic carbocycles. The summed E-state index contributed by atoms with van der Waals surface area (Å²) < 4.78 is 5.12. The molecule has 0 radical (unpaired) electrons. The van der Waals surface area contributed by atoms with Gasteiger partial charge in [0.25, 0.3) is 0 Å². The lowest BCUT2D eigenvalue weighted by Crippen LogP contribution is -2.32. The zero-order valence-corrected chi connectivity index (χ0v) is 11.3. The standard InChI is InChI=1S/C13H19N3O3/c1-13(2,3)19-12(17)15-8-9-4-6-10(7-5-9)11(14)16-18/h4-7,18H,8H2,1-3H3,(H2,14,16)(H,15,17). The summed E-state index contributed by atoms with van der Waals surface area (Å²) in [6.07, 6.45) is -0.465. The van der Waals surface area contributed by atoms with Crippen molar-refractivity contribution in [2.45, 2.75) is 32.9 Å². The van der Waals surface area contributed by atoms with Crippen LogP contribution in [-0.2, 0) is 11.3 Å². The zero-order chi connectivity index (χ0) is 14.5. The van der Waals surface area contributed by atoms with Crippen molar-refractivity contribution in [3.05, 3.63) is 35.4 Å². The molecule has 0 saturated heterocycles. The third-order valence-electron chi connectivity index (χ3n) is 2.19. The van der Waals surface area contributed by atoms with Crippen LogP contribution in [-0.4, -0.2) is 22.7 Å². The molecule has 0 atom stereocenters. The number of oxime groups is 1. The van der Waals surface area contributed by atoms with Gasteiger partial charge in [0.2, 0.25) is 0 Å². The van der Waals surface area contributed by atoms with Gasteiger partial charge in [-0.25, -0.2) is 4.79 Å². The van der Waals surface area contributed by atoms with Gasteiger partial charge >= 0.3 is 6.09 Å². The summed E-state index contributed by atoms with van der Waals surface area (Å²) >= 11 is 0. The fourth-order valence-corrected chi connectivity index (χ4v) is 1.34. The maximum Gasteiger partial charge on any atom is 0.407 e. The smallest absolute Gasteiger partial charge is 0.407 e. The van der Waals surface area contributed by atoms with Crippen LogP contribution in [0.4, 0.5) is 4.79 Å². The molecule has 1 amide bonds. The number of hydrogen-bond acceptors (Lipinski definition) is 4. The summed E-state index contributed by atoms with van der Waals surface area (Å²) in [5.41, 5.74) is 6.44. The molecule has 4 N–H and O–H groups in total. The Kier molecular flexibility index (Phi) is 4.74. The van der Waals surface area contributed by atoms with E-state index in [0.29, 0.717) is 12.1 Å². The number of rotatable bonds is 3. The lowest BCUT2D eigenvalue weighted by molar-refractivity contribution is 0.0523. The topological polar surface area (TPSA) is 96.9 Å². The van der Waals surface area contributed by atoms with E-state index < -0.39 is 11.7 Å². The Bertz CT molecular complexity index is 461. The van der Waals surface area contributed by atoms with Crippen molar-refractivity contribution in [2.24, 2.45) is 10.9 Å². The molecule has 104 valence electrons. The largest absolute Gasteiger partial charge is 0.444 e. The molecule has 6 nitrogen and oxygen atoms in total. The van der Waals surface area contributed by atoms with Gasteiger partial charge in [-0.15, -0.1) is 0 Å². The summed E-state index contributed by atoms with van der Waals surface area (Å²) in [6.45, 7) is 5.76. The summed E-state index contributed by atoms with van der Waals surface area (Å²) in [6, 6.07) is 6.98. The van der Waals surface area contributed by atoms with E-state index in [4.69, 9.17) is 15.7 Å².